The van der Waals surface area contributed by atoms with E-state index in [2.05, 4.69) is 40.4 Å². The molecule has 3 N–H and O–H groups in total. The number of carbonyl (C=O) groups excluding carboxylic acids is 1. The largest absolute Gasteiger partial charge is 0.335 e. The van der Waals surface area contributed by atoms with Crippen LogP contribution in [0.3, 0.4) is 0 Å². The van der Waals surface area contributed by atoms with Gasteiger partial charge < -0.3 is 10.3 Å². The van der Waals surface area contributed by atoms with E-state index in [1.165, 1.54) is 18.6 Å². The molecule has 10 heteroatoms. The lowest BCUT2D eigenvalue weighted by Gasteiger charge is -2.17. The van der Waals surface area contributed by atoms with Gasteiger partial charge >= 0.3 is 0 Å². The Morgan fingerprint density at radius 3 is 2.73 bits per heavy atom. The first-order valence-electron chi connectivity index (χ1n) is 10.4. The minimum Gasteiger partial charge on any atom is -0.335 e. The van der Waals surface area contributed by atoms with E-state index in [1.54, 1.807) is 24.5 Å². The first-order chi connectivity index (χ1) is 15.8. The number of carbonyl (C=O) groups is 1. The summed E-state index contributed by atoms with van der Waals surface area (Å²) in [5, 5.41) is 10.1. The fraction of sp³-hybridized carbons (Fsp3) is 0.217. The van der Waals surface area contributed by atoms with Crippen molar-refractivity contribution in [3.8, 4) is 22.8 Å². The summed E-state index contributed by atoms with van der Waals surface area (Å²) in [6, 6.07) is 3.41. The number of imidazole rings is 1. The van der Waals surface area contributed by atoms with Crippen LogP contribution in [0.15, 0.2) is 43.1 Å². The van der Waals surface area contributed by atoms with Crippen LogP contribution >= 0.6 is 0 Å². The van der Waals surface area contributed by atoms with Crippen LogP contribution in [0, 0.1) is 11.2 Å². The molecule has 0 atom stereocenters. The molecule has 33 heavy (non-hydrogen) atoms. The van der Waals surface area contributed by atoms with Crippen molar-refractivity contribution in [2.75, 3.05) is 5.32 Å². The maximum atomic E-state index is 15.7. The summed E-state index contributed by atoms with van der Waals surface area (Å²) in [5.74, 6) is -0.279. The molecule has 0 aliphatic heterocycles. The Balaban J connectivity index is 1.54. The molecule has 5 aromatic heterocycles. The molecule has 9 nitrogen and oxygen atoms in total. The number of hydrogen-bond donors (Lipinski definition) is 3. The number of hydrogen-bond acceptors (Lipinski definition) is 6. The first-order valence-corrected chi connectivity index (χ1v) is 10.4. The van der Waals surface area contributed by atoms with Crippen molar-refractivity contribution >= 4 is 33.5 Å². The van der Waals surface area contributed by atoms with Crippen LogP contribution in [-0.4, -0.2) is 41.0 Å². The number of H-pyrrole nitrogens is 2. The fourth-order valence-corrected chi connectivity index (χ4v) is 3.64. The third-order valence-corrected chi connectivity index (χ3v) is 5.04. The molecule has 0 unspecified atom stereocenters. The summed E-state index contributed by atoms with van der Waals surface area (Å²) in [7, 11) is 0. The van der Waals surface area contributed by atoms with Gasteiger partial charge in [-0.25, -0.2) is 9.37 Å². The predicted molar refractivity (Wildman–Crippen MR) is 123 cm³/mol. The van der Waals surface area contributed by atoms with Gasteiger partial charge in [-0.3, -0.25) is 24.8 Å². The van der Waals surface area contributed by atoms with Crippen LogP contribution in [0.25, 0.3) is 44.7 Å². The normalized spacial score (nSPS) is 11.9. The smallest absolute Gasteiger partial charge is 0.224 e. The number of anilines is 1. The number of aromatic amines is 2. The van der Waals surface area contributed by atoms with Gasteiger partial charge in [0.2, 0.25) is 5.91 Å². The maximum absolute atomic E-state index is 15.7. The van der Waals surface area contributed by atoms with Gasteiger partial charge in [-0.1, -0.05) is 20.8 Å². The van der Waals surface area contributed by atoms with Crippen LogP contribution in [0.1, 0.15) is 27.2 Å². The van der Waals surface area contributed by atoms with E-state index in [4.69, 9.17) is 0 Å². The quantitative estimate of drug-likeness (QED) is 0.375. The molecule has 0 aliphatic carbocycles. The van der Waals surface area contributed by atoms with Crippen LogP contribution < -0.4 is 5.32 Å². The maximum Gasteiger partial charge on any atom is 0.224 e. The summed E-state index contributed by atoms with van der Waals surface area (Å²) in [4.78, 5) is 32.4. The van der Waals surface area contributed by atoms with Crippen LogP contribution in [0.5, 0.6) is 0 Å². The molecule has 0 fully saturated rings. The Hall–Kier alpha value is -4.21. The molecule has 5 rings (SSSR count). The molecule has 5 aromatic rings. The lowest BCUT2D eigenvalue weighted by Crippen LogP contribution is -2.19. The number of nitrogens with zero attached hydrogens (tertiary/aromatic N) is 5. The molecule has 0 saturated heterocycles. The summed E-state index contributed by atoms with van der Waals surface area (Å²) in [6.07, 6.45) is 8.17. The number of fused-ring (bicyclic) bond motifs is 2. The Morgan fingerprint density at radius 1 is 1.09 bits per heavy atom. The minimum atomic E-state index is -0.560. The highest BCUT2D eigenvalue weighted by Crippen LogP contribution is 2.32. The van der Waals surface area contributed by atoms with Crippen molar-refractivity contribution in [2.24, 2.45) is 5.41 Å². The summed E-state index contributed by atoms with van der Waals surface area (Å²) in [6.45, 7) is 5.95. The number of aromatic nitrogens is 7. The standard InChI is InChI=1S/C23H21FN8O/c1-23(2,3)7-17(33)28-13-6-12(8-26-9-13)20-19(24)18-16(11-27-20)31-32-21(18)22-29-14-4-5-25-10-15(14)30-22/h4-6,8-11H,7H2,1-3H3,(H,28,33)(H,29,30)(H,31,32). The number of pyridine rings is 3. The van der Waals surface area contributed by atoms with Gasteiger partial charge in [0.1, 0.15) is 11.4 Å². The third kappa shape index (κ3) is 4.02. The zero-order valence-corrected chi connectivity index (χ0v) is 18.3. The molecule has 0 aromatic carbocycles. The van der Waals surface area contributed by atoms with E-state index in [0.717, 1.165) is 5.52 Å². The van der Waals surface area contributed by atoms with Crippen molar-refractivity contribution < 1.29 is 9.18 Å². The molecule has 0 spiro atoms. The Kier molecular flexibility index (Phi) is 4.85. The number of rotatable bonds is 4. The summed E-state index contributed by atoms with van der Waals surface area (Å²) in [5.41, 5.74) is 3.05. The van der Waals surface area contributed by atoms with E-state index in [-0.39, 0.29) is 22.4 Å². The molecular weight excluding hydrogens is 423 g/mol. The Morgan fingerprint density at radius 2 is 1.94 bits per heavy atom. The molecule has 0 bridgehead atoms. The van der Waals surface area contributed by atoms with Gasteiger partial charge in [0.25, 0.3) is 0 Å². The van der Waals surface area contributed by atoms with Gasteiger partial charge in [-0.2, -0.15) is 5.10 Å². The van der Waals surface area contributed by atoms with Gasteiger partial charge in [-0.05, 0) is 17.5 Å². The SMILES string of the molecule is CC(C)(C)CC(=O)Nc1cncc(-c2ncc3[nH]nc(-c4nc5ccncc5[nH]4)c3c2F)c1. The molecule has 0 radical (unpaired) electrons. The Bertz CT molecular complexity index is 1460. The zero-order chi connectivity index (χ0) is 23.2. The molecule has 0 saturated carbocycles. The molecule has 5 heterocycles. The van der Waals surface area contributed by atoms with E-state index < -0.39 is 5.82 Å². The van der Waals surface area contributed by atoms with Gasteiger partial charge in [0.05, 0.1) is 46.2 Å². The Labute approximate surface area is 187 Å². The van der Waals surface area contributed by atoms with Crippen LogP contribution in [0.2, 0.25) is 0 Å². The lowest BCUT2D eigenvalue weighted by molar-refractivity contribution is -0.117. The van der Waals surface area contributed by atoms with E-state index >= 15 is 4.39 Å². The van der Waals surface area contributed by atoms with Crippen molar-refractivity contribution in [2.45, 2.75) is 27.2 Å². The number of nitrogens with one attached hydrogen (secondary N) is 3. The first kappa shape index (κ1) is 20.7. The van der Waals surface area contributed by atoms with Gasteiger partial charge in [0.15, 0.2) is 11.6 Å². The fourth-order valence-electron chi connectivity index (χ4n) is 3.64. The topological polar surface area (TPSA) is 125 Å². The highest BCUT2D eigenvalue weighted by Gasteiger charge is 2.21. The highest BCUT2D eigenvalue weighted by molar-refractivity contribution is 5.96. The summed E-state index contributed by atoms with van der Waals surface area (Å²) < 4.78 is 15.7. The van der Waals surface area contributed by atoms with Gasteiger partial charge in [-0.15, -0.1) is 0 Å². The van der Waals surface area contributed by atoms with E-state index in [1.807, 2.05) is 20.8 Å². The number of halogens is 1. The predicted octanol–water partition coefficient (Wildman–Crippen LogP) is 4.47. The highest BCUT2D eigenvalue weighted by atomic mass is 19.1. The van der Waals surface area contributed by atoms with Crippen molar-refractivity contribution in [1.29, 1.82) is 0 Å². The van der Waals surface area contributed by atoms with Crippen LogP contribution in [0.4, 0.5) is 10.1 Å². The summed E-state index contributed by atoms with van der Waals surface area (Å²) >= 11 is 0. The minimum absolute atomic E-state index is 0.0994. The second-order valence-corrected chi connectivity index (χ2v) is 9.01. The van der Waals surface area contributed by atoms with E-state index in [0.29, 0.717) is 40.2 Å². The zero-order valence-electron chi connectivity index (χ0n) is 18.3. The van der Waals surface area contributed by atoms with Crippen molar-refractivity contribution in [3.63, 3.8) is 0 Å². The third-order valence-electron chi connectivity index (χ3n) is 5.04. The second kappa shape index (κ2) is 7.73. The average Bonchev–Trinajstić information content (AvgIpc) is 3.37. The number of amides is 1. The van der Waals surface area contributed by atoms with Gasteiger partial charge in [0, 0.05) is 24.4 Å². The monoisotopic (exact) mass is 444 g/mol. The second-order valence-electron chi connectivity index (χ2n) is 9.01. The van der Waals surface area contributed by atoms with Crippen molar-refractivity contribution in [3.05, 3.63) is 48.9 Å². The molecular formula is C23H21FN8O. The van der Waals surface area contributed by atoms with E-state index in [9.17, 15) is 4.79 Å². The van der Waals surface area contributed by atoms with Crippen LogP contribution in [-0.2, 0) is 4.79 Å². The lowest BCUT2D eigenvalue weighted by atomic mass is 9.92. The van der Waals surface area contributed by atoms with Crippen molar-refractivity contribution in [1.82, 2.24) is 35.1 Å². The average molecular weight is 444 g/mol. The molecule has 166 valence electrons. The molecule has 1 amide bonds. The molecule has 0 aliphatic rings.